The van der Waals surface area contributed by atoms with Crippen LogP contribution in [0.2, 0.25) is 0 Å². The summed E-state index contributed by atoms with van der Waals surface area (Å²) in [6, 6.07) is 6.94. The molecule has 2 rings (SSSR count). The Balaban J connectivity index is 2.06. The third-order valence-corrected chi connectivity index (χ3v) is 7.92. The van der Waals surface area contributed by atoms with E-state index in [0.717, 1.165) is 12.0 Å². The van der Waals surface area contributed by atoms with Gasteiger partial charge in [0, 0.05) is 26.2 Å². The van der Waals surface area contributed by atoms with E-state index >= 15 is 0 Å². The molecule has 1 saturated heterocycles. The van der Waals surface area contributed by atoms with Crippen LogP contribution in [0.4, 0.5) is 0 Å². The van der Waals surface area contributed by atoms with Crippen LogP contribution in [0, 0.1) is 5.92 Å². The van der Waals surface area contributed by atoms with Crippen molar-refractivity contribution in [1.82, 2.24) is 8.61 Å². The topological polar surface area (TPSA) is 74.8 Å². The number of rotatable bonds is 6. The summed E-state index contributed by atoms with van der Waals surface area (Å²) in [5, 5.41) is 0. The molecule has 0 aliphatic carbocycles. The van der Waals surface area contributed by atoms with Crippen LogP contribution in [0.25, 0.3) is 0 Å². The van der Waals surface area contributed by atoms with Crippen molar-refractivity contribution in [3.63, 3.8) is 0 Å². The Kier molecular flexibility index (Phi) is 6.30. The molecule has 0 spiro atoms. The smallest absolute Gasteiger partial charge is 0.213 e. The highest BCUT2D eigenvalue weighted by atomic mass is 32.2. The van der Waals surface area contributed by atoms with Crippen LogP contribution in [-0.4, -0.2) is 57.9 Å². The van der Waals surface area contributed by atoms with Crippen LogP contribution in [0.3, 0.4) is 0 Å². The maximum atomic E-state index is 12.8. The number of sulfonamides is 2. The van der Waals surface area contributed by atoms with Gasteiger partial charge in [0.05, 0.1) is 11.2 Å². The third-order valence-electron chi connectivity index (χ3n) is 4.67. The summed E-state index contributed by atoms with van der Waals surface area (Å²) in [4.78, 5) is 0.301. The fraction of sp³-hybridized carbons (Fsp3) is 0.647. The van der Waals surface area contributed by atoms with Crippen LogP contribution in [0.15, 0.2) is 29.2 Å². The molecule has 0 atom stereocenters. The van der Waals surface area contributed by atoms with Crippen molar-refractivity contribution in [3.8, 4) is 0 Å². The van der Waals surface area contributed by atoms with Gasteiger partial charge in [0.2, 0.25) is 20.0 Å². The zero-order valence-corrected chi connectivity index (χ0v) is 17.0. The average molecular weight is 389 g/mol. The number of piperidine rings is 1. The van der Waals surface area contributed by atoms with Crippen molar-refractivity contribution in [3.05, 3.63) is 29.8 Å². The molecule has 1 fully saturated rings. The van der Waals surface area contributed by atoms with E-state index < -0.39 is 20.0 Å². The number of hydrogen-bond donors (Lipinski definition) is 0. The van der Waals surface area contributed by atoms with Crippen LogP contribution < -0.4 is 0 Å². The molecule has 1 aromatic rings. The predicted molar refractivity (Wildman–Crippen MR) is 99.4 cm³/mol. The SMILES string of the molecule is CC(C)Cc1ccc(S(=O)(=O)N2CCC(N(C)S(C)(=O)=O)CC2)cc1. The molecule has 1 heterocycles. The van der Waals surface area contributed by atoms with Crippen LogP contribution in [-0.2, 0) is 26.5 Å². The first kappa shape index (κ1) is 20.4. The quantitative estimate of drug-likeness (QED) is 0.746. The Morgan fingerprint density at radius 3 is 2.04 bits per heavy atom. The standard InChI is InChI=1S/C17H28N2O4S2/c1-14(2)13-15-5-7-17(8-6-15)25(22,23)19-11-9-16(10-12-19)18(3)24(4,20)21/h5-8,14,16H,9-13H2,1-4H3. The minimum atomic E-state index is -3.53. The van der Waals surface area contributed by atoms with Gasteiger partial charge in [-0.1, -0.05) is 26.0 Å². The van der Waals surface area contributed by atoms with E-state index in [2.05, 4.69) is 13.8 Å². The zero-order valence-electron chi connectivity index (χ0n) is 15.3. The lowest BCUT2D eigenvalue weighted by Gasteiger charge is -2.35. The Hall–Kier alpha value is -0.960. The van der Waals surface area contributed by atoms with Crippen molar-refractivity contribution < 1.29 is 16.8 Å². The number of hydrogen-bond acceptors (Lipinski definition) is 4. The lowest BCUT2D eigenvalue weighted by atomic mass is 10.0. The number of nitrogens with zero attached hydrogens (tertiary/aromatic N) is 2. The fourth-order valence-electron chi connectivity index (χ4n) is 3.13. The molecule has 0 N–H and O–H groups in total. The second-order valence-corrected chi connectivity index (χ2v) is 11.1. The van der Waals surface area contributed by atoms with Gasteiger partial charge in [0.25, 0.3) is 0 Å². The Morgan fingerprint density at radius 1 is 1.08 bits per heavy atom. The van der Waals surface area contributed by atoms with Crippen molar-refractivity contribution in [2.75, 3.05) is 26.4 Å². The summed E-state index contributed by atoms with van der Waals surface area (Å²) < 4.78 is 51.6. The Labute approximate surface area is 151 Å². The molecule has 1 aliphatic rings. The first-order chi connectivity index (χ1) is 11.5. The van der Waals surface area contributed by atoms with Gasteiger partial charge in [0.1, 0.15) is 0 Å². The first-order valence-electron chi connectivity index (χ1n) is 8.54. The summed E-state index contributed by atoms with van der Waals surface area (Å²) in [7, 11) is -5.23. The predicted octanol–water partition coefficient (Wildman–Crippen LogP) is 1.93. The van der Waals surface area contributed by atoms with Gasteiger partial charge in [-0.2, -0.15) is 4.31 Å². The molecular formula is C17H28N2O4S2. The van der Waals surface area contributed by atoms with E-state index in [9.17, 15) is 16.8 Å². The van der Waals surface area contributed by atoms with Crippen molar-refractivity contribution in [1.29, 1.82) is 0 Å². The molecule has 0 bridgehead atoms. The van der Waals surface area contributed by atoms with Crippen molar-refractivity contribution >= 4 is 20.0 Å². The van der Waals surface area contributed by atoms with Gasteiger partial charge in [-0.05, 0) is 42.9 Å². The van der Waals surface area contributed by atoms with Gasteiger partial charge >= 0.3 is 0 Å². The molecule has 0 unspecified atom stereocenters. The molecule has 0 aromatic heterocycles. The van der Waals surface area contributed by atoms with Crippen molar-refractivity contribution in [2.24, 2.45) is 5.92 Å². The molecule has 25 heavy (non-hydrogen) atoms. The first-order valence-corrected chi connectivity index (χ1v) is 11.8. The van der Waals surface area contributed by atoms with E-state index in [1.54, 1.807) is 19.2 Å². The van der Waals surface area contributed by atoms with Gasteiger partial charge in [0.15, 0.2) is 0 Å². The Bertz CT molecular complexity index is 778. The second-order valence-electron chi connectivity index (χ2n) is 7.16. The molecule has 142 valence electrons. The van der Waals surface area contributed by atoms with Gasteiger partial charge < -0.3 is 0 Å². The lowest BCUT2D eigenvalue weighted by Crippen LogP contribution is -2.46. The Morgan fingerprint density at radius 2 is 1.60 bits per heavy atom. The maximum absolute atomic E-state index is 12.8. The largest absolute Gasteiger partial charge is 0.243 e. The van der Waals surface area contributed by atoms with Crippen LogP contribution >= 0.6 is 0 Å². The van der Waals surface area contributed by atoms with E-state index in [-0.39, 0.29) is 6.04 Å². The second kappa shape index (κ2) is 7.73. The van der Waals surface area contributed by atoms with E-state index in [1.807, 2.05) is 12.1 Å². The third kappa shape index (κ3) is 5.03. The molecular weight excluding hydrogens is 360 g/mol. The van der Waals surface area contributed by atoms with Gasteiger partial charge in [-0.25, -0.2) is 21.1 Å². The molecule has 0 radical (unpaired) electrons. The highest BCUT2D eigenvalue weighted by molar-refractivity contribution is 7.89. The normalized spacial score (nSPS) is 18.2. The molecule has 8 heteroatoms. The van der Waals surface area contributed by atoms with Crippen LogP contribution in [0.5, 0.6) is 0 Å². The van der Waals surface area contributed by atoms with Gasteiger partial charge in [-0.3, -0.25) is 0 Å². The lowest BCUT2D eigenvalue weighted by molar-refractivity contribution is 0.239. The maximum Gasteiger partial charge on any atom is 0.243 e. The highest BCUT2D eigenvalue weighted by Gasteiger charge is 2.32. The minimum Gasteiger partial charge on any atom is -0.213 e. The molecule has 1 aromatic carbocycles. The van der Waals surface area contributed by atoms with E-state index in [4.69, 9.17) is 0 Å². The van der Waals surface area contributed by atoms with E-state index in [0.29, 0.717) is 36.7 Å². The fourth-order valence-corrected chi connectivity index (χ4v) is 5.36. The monoisotopic (exact) mass is 388 g/mol. The van der Waals surface area contributed by atoms with Crippen molar-refractivity contribution in [2.45, 2.75) is 44.0 Å². The summed E-state index contributed by atoms with van der Waals surface area (Å²) in [5.41, 5.74) is 1.13. The van der Waals surface area contributed by atoms with Crippen LogP contribution in [0.1, 0.15) is 32.3 Å². The molecule has 0 amide bonds. The average Bonchev–Trinajstić information content (AvgIpc) is 2.53. The molecule has 0 saturated carbocycles. The zero-order chi connectivity index (χ0) is 18.8. The van der Waals surface area contributed by atoms with Gasteiger partial charge in [-0.15, -0.1) is 0 Å². The number of benzene rings is 1. The summed E-state index contributed by atoms with van der Waals surface area (Å²) in [6.07, 6.45) is 3.11. The summed E-state index contributed by atoms with van der Waals surface area (Å²) in [5.74, 6) is 0.522. The summed E-state index contributed by atoms with van der Waals surface area (Å²) >= 11 is 0. The molecule has 6 nitrogen and oxygen atoms in total. The van der Waals surface area contributed by atoms with E-state index in [1.165, 1.54) is 14.9 Å². The highest BCUT2D eigenvalue weighted by Crippen LogP contribution is 2.24. The molecule has 1 aliphatic heterocycles. The minimum absolute atomic E-state index is 0.144. The summed E-state index contributed by atoms with van der Waals surface area (Å²) in [6.45, 7) is 4.92.